The van der Waals surface area contributed by atoms with Gasteiger partial charge in [-0.25, -0.2) is 13.2 Å². The summed E-state index contributed by atoms with van der Waals surface area (Å²) in [6.45, 7) is 4.13. The number of carbonyl (C=O) groups is 2. The molecule has 2 aromatic rings. The molecule has 0 heterocycles. The standard InChI is InChI=1S/C21H26N2O5S/c1-5-23(6-2)29(26,27)18-14-10-13-17(15-18)21(25)28-19(20(24)22(3)4)16-11-8-7-9-12-16/h7-15,19H,5-6H2,1-4H3/t19-/m1/s1. The third kappa shape index (κ3) is 5.21. The number of hydrogen-bond acceptors (Lipinski definition) is 5. The van der Waals surface area contributed by atoms with Crippen molar-refractivity contribution < 1.29 is 22.7 Å². The number of benzene rings is 2. The molecule has 0 spiro atoms. The van der Waals surface area contributed by atoms with E-state index in [2.05, 4.69) is 0 Å². The van der Waals surface area contributed by atoms with Crippen molar-refractivity contribution in [2.24, 2.45) is 0 Å². The molecule has 0 aliphatic heterocycles. The first kappa shape index (κ1) is 22.6. The fourth-order valence-electron chi connectivity index (χ4n) is 2.79. The lowest BCUT2D eigenvalue weighted by Gasteiger charge is -2.21. The third-order valence-electron chi connectivity index (χ3n) is 4.41. The van der Waals surface area contributed by atoms with E-state index in [-0.39, 0.29) is 10.5 Å². The van der Waals surface area contributed by atoms with Crippen LogP contribution >= 0.6 is 0 Å². The van der Waals surface area contributed by atoms with E-state index in [0.717, 1.165) is 0 Å². The Morgan fingerprint density at radius 1 is 0.966 bits per heavy atom. The van der Waals surface area contributed by atoms with Gasteiger partial charge in [-0.1, -0.05) is 50.2 Å². The molecular formula is C21H26N2O5S. The average molecular weight is 419 g/mol. The Bertz CT molecular complexity index is 954. The van der Waals surface area contributed by atoms with E-state index in [1.165, 1.54) is 33.5 Å². The number of sulfonamides is 1. The molecule has 1 atom stereocenters. The molecule has 0 aliphatic carbocycles. The second-order valence-electron chi connectivity index (χ2n) is 6.55. The molecule has 0 fully saturated rings. The number of likely N-dealkylation sites (N-methyl/N-ethyl adjacent to an activating group) is 1. The first-order chi connectivity index (χ1) is 13.7. The number of ether oxygens (including phenoxy) is 1. The maximum atomic E-state index is 12.7. The third-order valence-corrected chi connectivity index (χ3v) is 6.45. The summed E-state index contributed by atoms with van der Waals surface area (Å²) in [6, 6.07) is 14.3. The molecule has 8 heteroatoms. The highest BCUT2D eigenvalue weighted by atomic mass is 32.2. The molecule has 0 radical (unpaired) electrons. The Morgan fingerprint density at radius 2 is 1.59 bits per heavy atom. The van der Waals surface area contributed by atoms with Gasteiger partial charge < -0.3 is 9.64 Å². The van der Waals surface area contributed by atoms with Crippen LogP contribution in [-0.4, -0.2) is 56.7 Å². The second-order valence-corrected chi connectivity index (χ2v) is 8.48. The highest BCUT2D eigenvalue weighted by Crippen LogP contribution is 2.23. The van der Waals surface area contributed by atoms with Gasteiger partial charge in [0.2, 0.25) is 16.1 Å². The summed E-state index contributed by atoms with van der Waals surface area (Å²) in [5.74, 6) is -1.16. The summed E-state index contributed by atoms with van der Waals surface area (Å²) in [5.41, 5.74) is 0.595. The minimum Gasteiger partial charge on any atom is -0.444 e. The summed E-state index contributed by atoms with van der Waals surface area (Å²) in [7, 11) is -0.572. The van der Waals surface area contributed by atoms with E-state index < -0.39 is 28.0 Å². The SMILES string of the molecule is CCN(CC)S(=O)(=O)c1cccc(C(=O)O[C@@H](C(=O)N(C)C)c2ccccc2)c1. The van der Waals surface area contributed by atoms with E-state index in [0.29, 0.717) is 18.7 Å². The molecule has 0 N–H and O–H groups in total. The van der Waals surface area contributed by atoms with Crippen LogP contribution in [0.1, 0.15) is 35.9 Å². The molecule has 156 valence electrons. The van der Waals surface area contributed by atoms with Gasteiger partial charge in [0.1, 0.15) is 0 Å². The van der Waals surface area contributed by atoms with E-state index in [4.69, 9.17) is 4.74 Å². The Hall–Kier alpha value is -2.71. The number of hydrogen-bond donors (Lipinski definition) is 0. The fraction of sp³-hybridized carbons (Fsp3) is 0.333. The van der Waals surface area contributed by atoms with Crippen molar-refractivity contribution in [3.05, 3.63) is 65.7 Å². The van der Waals surface area contributed by atoms with Crippen molar-refractivity contribution >= 4 is 21.9 Å². The van der Waals surface area contributed by atoms with Gasteiger partial charge in [0.25, 0.3) is 5.91 Å². The molecule has 0 aliphatic rings. The van der Waals surface area contributed by atoms with Crippen molar-refractivity contribution in [3.8, 4) is 0 Å². The van der Waals surface area contributed by atoms with Crippen molar-refractivity contribution in [3.63, 3.8) is 0 Å². The number of nitrogens with zero attached hydrogens (tertiary/aromatic N) is 2. The van der Waals surface area contributed by atoms with Gasteiger partial charge in [0.05, 0.1) is 10.5 Å². The lowest BCUT2D eigenvalue weighted by molar-refractivity contribution is -0.138. The zero-order valence-corrected chi connectivity index (χ0v) is 17.8. The molecule has 1 amide bonds. The van der Waals surface area contributed by atoms with Crippen LogP contribution in [-0.2, 0) is 19.6 Å². The first-order valence-electron chi connectivity index (χ1n) is 9.29. The van der Waals surface area contributed by atoms with Gasteiger partial charge in [-0.05, 0) is 18.2 Å². The molecule has 2 rings (SSSR count). The first-order valence-corrected chi connectivity index (χ1v) is 10.7. The largest absolute Gasteiger partial charge is 0.444 e. The molecule has 0 bridgehead atoms. The van der Waals surface area contributed by atoms with Gasteiger partial charge >= 0.3 is 5.97 Å². The number of carbonyl (C=O) groups excluding carboxylic acids is 2. The predicted molar refractivity (Wildman–Crippen MR) is 110 cm³/mol. The summed E-state index contributed by atoms with van der Waals surface area (Å²) in [6.07, 6.45) is -1.12. The van der Waals surface area contributed by atoms with E-state index in [1.54, 1.807) is 58.3 Å². The summed E-state index contributed by atoms with van der Waals surface area (Å²) in [4.78, 5) is 26.6. The molecule has 29 heavy (non-hydrogen) atoms. The van der Waals surface area contributed by atoms with Crippen LogP contribution in [0.4, 0.5) is 0 Å². The van der Waals surface area contributed by atoms with Crippen LogP contribution in [0, 0.1) is 0 Å². The molecule has 0 aromatic heterocycles. The van der Waals surface area contributed by atoms with Crippen LogP contribution in [0.3, 0.4) is 0 Å². The van der Waals surface area contributed by atoms with Crippen molar-refractivity contribution in [1.29, 1.82) is 0 Å². The average Bonchev–Trinajstić information content (AvgIpc) is 2.72. The number of rotatable bonds is 8. The highest BCUT2D eigenvalue weighted by molar-refractivity contribution is 7.89. The van der Waals surface area contributed by atoms with E-state index in [1.807, 2.05) is 0 Å². The molecular weight excluding hydrogens is 392 g/mol. The minimum atomic E-state index is -3.72. The van der Waals surface area contributed by atoms with Gasteiger partial charge in [-0.2, -0.15) is 4.31 Å². The number of esters is 1. The monoisotopic (exact) mass is 418 g/mol. The summed E-state index contributed by atoms with van der Waals surface area (Å²) >= 11 is 0. The lowest BCUT2D eigenvalue weighted by atomic mass is 10.1. The van der Waals surface area contributed by atoms with Crippen LogP contribution in [0.5, 0.6) is 0 Å². The van der Waals surface area contributed by atoms with Crippen LogP contribution < -0.4 is 0 Å². The molecule has 0 saturated heterocycles. The Morgan fingerprint density at radius 3 is 2.14 bits per heavy atom. The van der Waals surface area contributed by atoms with E-state index >= 15 is 0 Å². The topological polar surface area (TPSA) is 84.0 Å². The maximum absolute atomic E-state index is 12.7. The Balaban J connectivity index is 2.35. The molecule has 0 unspecified atom stereocenters. The van der Waals surface area contributed by atoms with Crippen molar-refractivity contribution in [2.45, 2.75) is 24.8 Å². The fourth-order valence-corrected chi connectivity index (χ4v) is 4.30. The van der Waals surface area contributed by atoms with Crippen molar-refractivity contribution in [1.82, 2.24) is 9.21 Å². The van der Waals surface area contributed by atoms with E-state index in [9.17, 15) is 18.0 Å². The highest BCUT2D eigenvalue weighted by Gasteiger charge is 2.28. The summed E-state index contributed by atoms with van der Waals surface area (Å²) in [5, 5.41) is 0. The quantitative estimate of drug-likeness (QED) is 0.616. The molecule has 7 nitrogen and oxygen atoms in total. The van der Waals surface area contributed by atoms with Gasteiger partial charge in [-0.3, -0.25) is 4.79 Å². The molecule has 0 saturated carbocycles. The zero-order chi connectivity index (χ0) is 21.6. The normalized spacial score (nSPS) is 12.4. The Labute approximate surface area is 171 Å². The predicted octanol–water partition coefficient (Wildman–Crippen LogP) is 2.70. The van der Waals surface area contributed by atoms with Crippen LogP contribution in [0.15, 0.2) is 59.5 Å². The van der Waals surface area contributed by atoms with Crippen molar-refractivity contribution in [2.75, 3.05) is 27.2 Å². The zero-order valence-electron chi connectivity index (χ0n) is 17.0. The summed E-state index contributed by atoms with van der Waals surface area (Å²) < 4.78 is 32.2. The van der Waals surface area contributed by atoms with Gasteiger partial charge in [0, 0.05) is 32.7 Å². The van der Waals surface area contributed by atoms with Crippen LogP contribution in [0.25, 0.3) is 0 Å². The number of amides is 1. The smallest absolute Gasteiger partial charge is 0.339 e. The van der Waals surface area contributed by atoms with Crippen LogP contribution in [0.2, 0.25) is 0 Å². The maximum Gasteiger partial charge on any atom is 0.339 e. The second kappa shape index (κ2) is 9.67. The lowest BCUT2D eigenvalue weighted by Crippen LogP contribution is -2.31. The van der Waals surface area contributed by atoms with Gasteiger partial charge in [-0.15, -0.1) is 0 Å². The minimum absolute atomic E-state index is 0.00541. The van der Waals surface area contributed by atoms with Gasteiger partial charge in [0.15, 0.2) is 0 Å². The Kier molecular flexibility index (Phi) is 7.53. The molecule has 2 aromatic carbocycles.